The summed E-state index contributed by atoms with van der Waals surface area (Å²) < 4.78 is 29.5. The molecule has 6 nitrogen and oxygen atoms in total. The Labute approximate surface area is 183 Å². The van der Waals surface area contributed by atoms with E-state index >= 15 is 0 Å². The minimum atomic E-state index is -0.479. The first-order chi connectivity index (χ1) is 13.8. The summed E-state index contributed by atoms with van der Waals surface area (Å²) in [6.45, 7) is 21.8. The lowest BCUT2D eigenvalue weighted by Gasteiger charge is -2.34. The minimum absolute atomic E-state index is 0.144. The van der Waals surface area contributed by atoms with E-state index in [9.17, 15) is 0 Å². The van der Waals surface area contributed by atoms with Crippen LogP contribution in [-0.4, -0.2) is 80.6 Å². The molecule has 0 heterocycles. The predicted octanol–water partition coefficient (Wildman–Crippen LogP) is 4.91. The van der Waals surface area contributed by atoms with E-state index in [2.05, 4.69) is 32.6 Å². The van der Waals surface area contributed by atoms with Crippen LogP contribution < -0.4 is 0 Å². The Kier molecular flexibility index (Phi) is 17.6. The van der Waals surface area contributed by atoms with Crippen molar-refractivity contribution in [2.75, 3.05) is 58.4 Å². The quantitative estimate of drug-likeness (QED) is 0.192. The highest BCUT2D eigenvalue weighted by Crippen LogP contribution is 2.36. The van der Waals surface area contributed by atoms with Gasteiger partial charge in [-0.15, -0.1) is 0 Å². The van der Waals surface area contributed by atoms with Crippen LogP contribution in [-0.2, 0) is 23.7 Å². The first kappa shape index (κ1) is 29.6. The molecule has 3 unspecified atom stereocenters. The maximum atomic E-state index is 6.02. The Hall–Kier alpha value is 0.620. The number of nitrogens with zero attached hydrogens (tertiary/aromatic N) is 1. The molecule has 0 saturated carbocycles. The summed E-state index contributed by atoms with van der Waals surface area (Å²) in [5.74, 6) is 0. The van der Waals surface area contributed by atoms with Gasteiger partial charge in [-0.25, -0.2) is 0 Å². The van der Waals surface area contributed by atoms with E-state index in [0.717, 1.165) is 38.4 Å². The second-order valence-corrected chi connectivity index (χ2v) is 10.4. The van der Waals surface area contributed by atoms with Crippen LogP contribution in [0.4, 0.5) is 0 Å². The number of ether oxygens (including phenoxy) is 5. The smallest absolute Gasteiger partial charge is 0.180 e. The summed E-state index contributed by atoms with van der Waals surface area (Å²) in [4.78, 5) is 2.46. The van der Waals surface area contributed by atoms with Gasteiger partial charge in [0.2, 0.25) is 0 Å². The van der Waals surface area contributed by atoms with Crippen molar-refractivity contribution >= 4 is 17.2 Å². The van der Waals surface area contributed by atoms with Gasteiger partial charge < -0.3 is 23.7 Å². The van der Waals surface area contributed by atoms with Gasteiger partial charge in [0, 0.05) is 46.1 Å². The van der Waals surface area contributed by atoms with Crippen molar-refractivity contribution in [2.45, 2.75) is 79.1 Å². The zero-order valence-electron chi connectivity index (χ0n) is 20.1. The molecule has 0 aromatic rings. The molecular formula is C21H47NO5P2. The maximum absolute atomic E-state index is 6.02. The van der Waals surface area contributed by atoms with Crippen LogP contribution in [0.15, 0.2) is 0 Å². The van der Waals surface area contributed by atoms with E-state index in [1.807, 2.05) is 27.7 Å². The lowest BCUT2D eigenvalue weighted by molar-refractivity contribution is -0.156. The Bertz CT molecular complexity index is 350. The first-order valence-electron chi connectivity index (χ1n) is 11.2. The highest BCUT2D eigenvalue weighted by atomic mass is 31.1. The average Bonchev–Trinajstić information content (AvgIpc) is 2.66. The Balaban J connectivity index is 4.85. The molecular weight excluding hydrogens is 408 g/mol. The number of rotatable bonds is 20. The molecule has 3 atom stereocenters. The van der Waals surface area contributed by atoms with Gasteiger partial charge in [-0.1, -0.05) is 24.1 Å². The largest absolute Gasteiger partial charge is 0.363 e. The van der Waals surface area contributed by atoms with Crippen molar-refractivity contribution in [2.24, 2.45) is 0 Å². The third-order valence-electron chi connectivity index (χ3n) is 4.48. The van der Waals surface area contributed by atoms with Crippen LogP contribution in [0.25, 0.3) is 0 Å². The molecule has 176 valence electrons. The molecule has 0 aromatic heterocycles. The fraction of sp³-hybridized carbons (Fsp3) is 1.00. The summed E-state index contributed by atoms with van der Waals surface area (Å²) in [6.07, 6.45) is 3.17. The normalized spacial score (nSPS) is 14.8. The van der Waals surface area contributed by atoms with Gasteiger partial charge in [0.15, 0.2) is 11.1 Å². The van der Waals surface area contributed by atoms with E-state index in [-0.39, 0.29) is 6.23 Å². The third-order valence-corrected chi connectivity index (χ3v) is 7.29. The van der Waals surface area contributed by atoms with Crippen molar-refractivity contribution in [3.63, 3.8) is 0 Å². The second kappa shape index (κ2) is 17.2. The highest BCUT2D eigenvalue weighted by molar-refractivity contribution is 7.39. The van der Waals surface area contributed by atoms with Crippen molar-refractivity contribution < 1.29 is 23.7 Å². The zero-order chi connectivity index (χ0) is 22.2. The van der Waals surface area contributed by atoms with Crippen LogP contribution in [0.3, 0.4) is 0 Å². The summed E-state index contributed by atoms with van der Waals surface area (Å²) in [5, 5.41) is 0. The molecule has 0 radical (unpaired) electrons. The topological polar surface area (TPSA) is 49.4 Å². The maximum Gasteiger partial charge on any atom is 0.180 e. The van der Waals surface area contributed by atoms with Gasteiger partial charge in [0.25, 0.3) is 0 Å². The second-order valence-electron chi connectivity index (χ2n) is 6.83. The monoisotopic (exact) mass is 455 g/mol. The molecule has 0 N–H and O–H groups in total. The predicted molar refractivity (Wildman–Crippen MR) is 127 cm³/mol. The third kappa shape index (κ3) is 12.9. The Morgan fingerprint density at radius 2 is 1.03 bits per heavy atom. The van der Waals surface area contributed by atoms with E-state index in [1.165, 1.54) is 0 Å². The fourth-order valence-corrected chi connectivity index (χ4v) is 6.01. The van der Waals surface area contributed by atoms with Gasteiger partial charge in [-0.05, 0) is 67.2 Å². The molecule has 0 aliphatic heterocycles. The standard InChI is InChI=1S/C21H47NO5P2/c1-9-19(23-10-2)22(15-17-28-20(7,24-11-3)25-12-4)16-18-29-21(8,26-13-5)27-14-6/h19,28-29H,9-18H2,1-8H3. The van der Waals surface area contributed by atoms with Crippen LogP contribution in [0.1, 0.15) is 61.8 Å². The van der Waals surface area contributed by atoms with Crippen molar-refractivity contribution in [3.05, 3.63) is 0 Å². The van der Waals surface area contributed by atoms with Gasteiger partial charge in [0.1, 0.15) is 6.23 Å². The average molecular weight is 456 g/mol. The Morgan fingerprint density at radius 3 is 1.31 bits per heavy atom. The zero-order valence-corrected chi connectivity index (χ0v) is 22.1. The lowest BCUT2D eigenvalue weighted by atomic mass is 10.3. The minimum Gasteiger partial charge on any atom is -0.363 e. The molecule has 0 fully saturated rings. The van der Waals surface area contributed by atoms with Crippen LogP contribution in [0.5, 0.6) is 0 Å². The van der Waals surface area contributed by atoms with E-state index in [0.29, 0.717) is 43.6 Å². The highest BCUT2D eigenvalue weighted by Gasteiger charge is 2.27. The van der Waals surface area contributed by atoms with Crippen molar-refractivity contribution in [1.82, 2.24) is 4.90 Å². The van der Waals surface area contributed by atoms with Crippen LogP contribution in [0, 0.1) is 0 Å². The van der Waals surface area contributed by atoms with Crippen LogP contribution >= 0.6 is 17.2 Å². The number of hydrogen-bond acceptors (Lipinski definition) is 6. The summed E-state index contributed by atoms with van der Waals surface area (Å²) >= 11 is 0. The van der Waals surface area contributed by atoms with E-state index in [4.69, 9.17) is 23.7 Å². The van der Waals surface area contributed by atoms with Crippen molar-refractivity contribution in [3.8, 4) is 0 Å². The molecule has 0 amide bonds. The number of hydrogen-bond donors (Lipinski definition) is 0. The molecule has 0 aliphatic rings. The van der Waals surface area contributed by atoms with E-state index < -0.39 is 11.1 Å². The van der Waals surface area contributed by atoms with Gasteiger partial charge in [-0.2, -0.15) is 0 Å². The summed E-state index contributed by atoms with van der Waals surface area (Å²) in [7, 11) is 1.17. The van der Waals surface area contributed by atoms with Gasteiger partial charge in [-0.3, -0.25) is 4.90 Å². The van der Waals surface area contributed by atoms with Gasteiger partial charge >= 0.3 is 0 Å². The Morgan fingerprint density at radius 1 is 0.655 bits per heavy atom. The molecule has 29 heavy (non-hydrogen) atoms. The van der Waals surface area contributed by atoms with Gasteiger partial charge in [0.05, 0.1) is 0 Å². The van der Waals surface area contributed by atoms with Crippen LogP contribution in [0.2, 0.25) is 0 Å². The molecule has 0 aromatic carbocycles. The van der Waals surface area contributed by atoms with E-state index in [1.54, 1.807) is 0 Å². The molecule has 0 aliphatic carbocycles. The van der Waals surface area contributed by atoms with Crippen molar-refractivity contribution in [1.29, 1.82) is 0 Å². The molecule has 0 spiro atoms. The summed E-state index contributed by atoms with van der Waals surface area (Å²) in [6, 6.07) is 0. The SMILES string of the molecule is CCOC(CC)N(CCPC(C)(OCC)OCC)CCPC(C)(OCC)OCC. The molecule has 0 saturated heterocycles. The first-order valence-corrected chi connectivity index (χ1v) is 13.7. The summed E-state index contributed by atoms with van der Waals surface area (Å²) in [5.41, 5.74) is -0.959. The molecule has 0 bridgehead atoms. The molecule has 8 heteroatoms. The molecule has 0 rings (SSSR count). The lowest BCUT2D eigenvalue weighted by Crippen LogP contribution is -2.41. The fourth-order valence-electron chi connectivity index (χ4n) is 3.32.